The first-order valence-electron chi connectivity index (χ1n) is 8.86. The molecule has 0 bridgehead atoms. The molecule has 0 atom stereocenters. The van der Waals surface area contributed by atoms with Crippen molar-refractivity contribution in [3.8, 4) is 0 Å². The second-order valence-electron chi connectivity index (χ2n) is 6.33. The van der Waals surface area contributed by atoms with Crippen LogP contribution in [0, 0.1) is 11.6 Å². The SMILES string of the molecule is CCCn1c(C(=O)NCCc2ccccc2)cc2cc(F)c(F)cc2c1=O. The molecular formula is C21H20F2N2O2. The summed E-state index contributed by atoms with van der Waals surface area (Å²) in [4.78, 5) is 25.3. The lowest BCUT2D eigenvalue weighted by Gasteiger charge is -2.14. The minimum Gasteiger partial charge on any atom is -0.350 e. The summed E-state index contributed by atoms with van der Waals surface area (Å²) in [6.07, 6.45) is 1.28. The molecule has 0 spiro atoms. The van der Waals surface area contributed by atoms with Gasteiger partial charge in [-0.15, -0.1) is 0 Å². The van der Waals surface area contributed by atoms with Crippen molar-refractivity contribution in [2.45, 2.75) is 26.3 Å². The molecule has 0 saturated carbocycles. The van der Waals surface area contributed by atoms with E-state index in [0.717, 1.165) is 17.7 Å². The average Bonchev–Trinajstić information content (AvgIpc) is 2.66. The Kier molecular flexibility index (Phi) is 5.64. The van der Waals surface area contributed by atoms with E-state index in [9.17, 15) is 18.4 Å². The Hall–Kier alpha value is -3.02. The van der Waals surface area contributed by atoms with Gasteiger partial charge in [0, 0.05) is 13.1 Å². The molecule has 0 saturated heterocycles. The van der Waals surface area contributed by atoms with Gasteiger partial charge >= 0.3 is 0 Å². The number of nitrogens with zero attached hydrogens (tertiary/aromatic N) is 1. The van der Waals surface area contributed by atoms with Crippen LogP contribution < -0.4 is 10.9 Å². The van der Waals surface area contributed by atoms with Gasteiger partial charge < -0.3 is 9.88 Å². The van der Waals surface area contributed by atoms with Gasteiger partial charge in [0.25, 0.3) is 11.5 Å². The van der Waals surface area contributed by atoms with Crippen LogP contribution in [0.3, 0.4) is 0 Å². The van der Waals surface area contributed by atoms with Crippen LogP contribution >= 0.6 is 0 Å². The Morgan fingerprint density at radius 2 is 1.78 bits per heavy atom. The number of rotatable bonds is 6. The molecule has 1 N–H and O–H groups in total. The van der Waals surface area contributed by atoms with Gasteiger partial charge in [-0.2, -0.15) is 0 Å². The van der Waals surface area contributed by atoms with Crippen LogP contribution in [0.15, 0.2) is 53.3 Å². The number of carbonyl (C=O) groups is 1. The lowest BCUT2D eigenvalue weighted by molar-refractivity contribution is 0.0943. The Labute approximate surface area is 155 Å². The van der Waals surface area contributed by atoms with Crippen molar-refractivity contribution in [3.63, 3.8) is 0 Å². The molecule has 0 aliphatic heterocycles. The fourth-order valence-electron chi connectivity index (χ4n) is 3.04. The van der Waals surface area contributed by atoms with Crippen molar-refractivity contribution in [2.75, 3.05) is 6.54 Å². The molecule has 6 heteroatoms. The zero-order chi connectivity index (χ0) is 19.4. The smallest absolute Gasteiger partial charge is 0.268 e. The van der Waals surface area contributed by atoms with Crippen LogP contribution in [0.2, 0.25) is 0 Å². The highest BCUT2D eigenvalue weighted by Gasteiger charge is 2.17. The standard InChI is InChI=1S/C21H20F2N2O2/c1-2-10-25-19(20(26)24-9-8-14-6-4-3-5-7-14)12-15-11-17(22)18(23)13-16(15)21(25)27/h3-7,11-13H,2,8-10H2,1H3,(H,24,26). The number of hydrogen-bond donors (Lipinski definition) is 1. The molecule has 0 aliphatic carbocycles. The van der Waals surface area contributed by atoms with Crippen molar-refractivity contribution in [2.24, 2.45) is 0 Å². The van der Waals surface area contributed by atoms with E-state index in [2.05, 4.69) is 5.32 Å². The maximum atomic E-state index is 13.6. The van der Waals surface area contributed by atoms with Crippen LogP contribution in [0.4, 0.5) is 8.78 Å². The topological polar surface area (TPSA) is 51.1 Å². The Morgan fingerprint density at radius 1 is 1.07 bits per heavy atom. The van der Waals surface area contributed by atoms with Crippen LogP contribution in [0.25, 0.3) is 10.8 Å². The molecule has 2 aromatic carbocycles. The minimum absolute atomic E-state index is 0.0585. The number of aromatic nitrogens is 1. The number of hydrogen-bond acceptors (Lipinski definition) is 2. The Balaban J connectivity index is 1.91. The monoisotopic (exact) mass is 370 g/mol. The Morgan fingerprint density at radius 3 is 2.48 bits per heavy atom. The molecule has 0 fully saturated rings. The zero-order valence-electron chi connectivity index (χ0n) is 15.0. The molecule has 0 radical (unpaired) electrons. The van der Waals surface area contributed by atoms with E-state index in [1.54, 1.807) is 0 Å². The molecule has 4 nitrogen and oxygen atoms in total. The van der Waals surface area contributed by atoms with Gasteiger partial charge in [0.1, 0.15) is 5.69 Å². The molecule has 3 rings (SSSR count). The molecule has 3 aromatic rings. The van der Waals surface area contributed by atoms with Gasteiger partial charge in [-0.1, -0.05) is 37.3 Å². The van der Waals surface area contributed by atoms with E-state index in [1.807, 2.05) is 37.3 Å². The van der Waals surface area contributed by atoms with Gasteiger partial charge in [0.15, 0.2) is 11.6 Å². The van der Waals surface area contributed by atoms with E-state index in [4.69, 9.17) is 0 Å². The number of halogens is 2. The van der Waals surface area contributed by atoms with Crippen LogP contribution in [0.5, 0.6) is 0 Å². The molecule has 1 heterocycles. The zero-order valence-corrected chi connectivity index (χ0v) is 15.0. The fourth-order valence-corrected chi connectivity index (χ4v) is 3.04. The molecule has 140 valence electrons. The number of pyridine rings is 1. The first kappa shape index (κ1) is 18.8. The summed E-state index contributed by atoms with van der Waals surface area (Å²) in [6, 6.07) is 13.0. The molecule has 27 heavy (non-hydrogen) atoms. The Bertz CT molecular complexity index is 1030. The van der Waals surface area contributed by atoms with Crippen LogP contribution in [-0.2, 0) is 13.0 Å². The summed E-state index contributed by atoms with van der Waals surface area (Å²) in [5.41, 5.74) is 0.731. The number of fused-ring (bicyclic) bond motifs is 1. The van der Waals surface area contributed by atoms with Crippen molar-refractivity contribution in [1.82, 2.24) is 9.88 Å². The van der Waals surface area contributed by atoms with Crippen molar-refractivity contribution < 1.29 is 13.6 Å². The van der Waals surface area contributed by atoms with Crippen molar-refractivity contribution >= 4 is 16.7 Å². The van der Waals surface area contributed by atoms with E-state index < -0.39 is 23.1 Å². The molecule has 1 amide bonds. The quantitative estimate of drug-likeness (QED) is 0.720. The van der Waals surface area contributed by atoms with Gasteiger partial charge in [0.2, 0.25) is 0 Å². The third-order valence-electron chi connectivity index (χ3n) is 4.37. The van der Waals surface area contributed by atoms with E-state index in [1.165, 1.54) is 10.6 Å². The number of amides is 1. The van der Waals surface area contributed by atoms with Gasteiger partial charge in [-0.05, 0) is 42.0 Å². The third-order valence-corrected chi connectivity index (χ3v) is 4.37. The second kappa shape index (κ2) is 8.12. The average molecular weight is 370 g/mol. The summed E-state index contributed by atoms with van der Waals surface area (Å²) in [6.45, 7) is 2.59. The highest BCUT2D eigenvalue weighted by molar-refractivity contribution is 5.96. The van der Waals surface area contributed by atoms with Gasteiger partial charge in [-0.3, -0.25) is 9.59 Å². The van der Waals surface area contributed by atoms with E-state index >= 15 is 0 Å². The van der Waals surface area contributed by atoms with Crippen LogP contribution in [-0.4, -0.2) is 17.0 Å². The van der Waals surface area contributed by atoms with E-state index in [-0.39, 0.29) is 16.5 Å². The number of benzene rings is 2. The summed E-state index contributed by atoms with van der Waals surface area (Å²) in [7, 11) is 0. The molecular weight excluding hydrogens is 350 g/mol. The maximum absolute atomic E-state index is 13.6. The lowest BCUT2D eigenvalue weighted by Crippen LogP contribution is -2.33. The molecule has 0 aliphatic rings. The van der Waals surface area contributed by atoms with Gasteiger partial charge in [0.05, 0.1) is 5.39 Å². The highest BCUT2D eigenvalue weighted by atomic mass is 19.2. The molecule has 0 unspecified atom stereocenters. The van der Waals surface area contributed by atoms with Crippen molar-refractivity contribution in [1.29, 1.82) is 0 Å². The summed E-state index contributed by atoms with van der Waals surface area (Å²) in [5, 5.41) is 3.06. The number of nitrogens with one attached hydrogen (secondary N) is 1. The van der Waals surface area contributed by atoms with Crippen LogP contribution in [0.1, 0.15) is 29.4 Å². The fraction of sp³-hybridized carbons (Fsp3) is 0.238. The summed E-state index contributed by atoms with van der Waals surface area (Å²) >= 11 is 0. The number of carbonyl (C=O) groups excluding carboxylic acids is 1. The normalized spacial score (nSPS) is 10.9. The lowest BCUT2D eigenvalue weighted by atomic mass is 10.1. The summed E-state index contributed by atoms with van der Waals surface area (Å²) < 4.78 is 28.4. The first-order valence-corrected chi connectivity index (χ1v) is 8.86. The van der Waals surface area contributed by atoms with Gasteiger partial charge in [-0.25, -0.2) is 8.78 Å². The first-order chi connectivity index (χ1) is 13.0. The molecule has 1 aromatic heterocycles. The predicted octanol–water partition coefficient (Wildman–Crippen LogP) is 3.66. The summed E-state index contributed by atoms with van der Waals surface area (Å²) in [5.74, 6) is -2.54. The highest BCUT2D eigenvalue weighted by Crippen LogP contribution is 2.17. The van der Waals surface area contributed by atoms with Crippen molar-refractivity contribution in [3.05, 3.63) is 81.8 Å². The second-order valence-corrected chi connectivity index (χ2v) is 6.33. The predicted molar refractivity (Wildman–Crippen MR) is 101 cm³/mol. The maximum Gasteiger partial charge on any atom is 0.268 e. The largest absolute Gasteiger partial charge is 0.350 e. The third kappa shape index (κ3) is 4.05. The minimum atomic E-state index is -1.08. The van der Waals surface area contributed by atoms with E-state index in [0.29, 0.717) is 25.9 Å².